The number of carbonyl (C=O) groups excluding carboxylic acids is 1. The first kappa shape index (κ1) is 13.0. The monoisotopic (exact) mass is 279 g/mol. The summed E-state index contributed by atoms with van der Waals surface area (Å²) >= 11 is 0. The lowest BCUT2D eigenvalue weighted by Gasteiger charge is -2.10. The lowest BCUT2D eigenvalue weighted by Crippen LogP contribution is -2.17. The molecule has 0 spiro atoms. The van der Waals surface area contributed by atoms with Crippen LogP contribution in [0, 0.1) is 0 Å². The Kier molecular flexibility index (Phi) is 3.44. The molecule has 0 saturated heterocycles. The molecule has 0 fully saturated rings. The maximum Gasteiger partial charge on any atom is 0.259 e. The van der Waals surface area contributed by atoms with Gasteiger partial charge in [0, 0.05) is 30.2 Å². The molecule has 6 nitrogen and oxygen atoms in total. The van der Waals surface area contributed by atoms with Crippen LogP contribution < -0.4 is 16.6 Å². The minimum atomic E-state index is -0.285. The lowest BCUT2D eigenvalue weighted by atomic mass is 10.1. The minimum Gasteiger partial charge on any atom is -0.323 e. The molecule has 3 aromatic rings. The van der Waals surface area contributed by atoms with E-state index >= 15 is 0 Å². The van der Waals surface area contributed by atoms with Crippen molar-refractivity contribution in [1.29, 1.82) is 0 Å². The highest BCUT2D eigenvalue weighted by Crippen LogP contribution is 2.23. The number of hydrogen-bond donors (Lipinski definition) is 3. The number of amides is 1. The molecule has 0 saturated carbocycles. The normalized spacial score (nSPS) is 10.3. The molecular formula is C15H13N5O. The Morgan fingerprint density at radius 3 is 2.67 bits per heavy atom. The predicted molar refractivity (Wildman–Crippen MR) is 81.7 cm³/mol. The van der Waals surface area contributed by atoms with E-state index in [0.717, 1.165) is 10.8 Å². The summed E-state index contributed by atoms with van der Waals surface area (Å²) < 4.78 is 0. The van der Waals surface area contributed by atoms with Gasteiger partial charge in [-0.05, 0) is 23.6 Å². The molecule has 0 atom stereocenters. The molecule has 6 heteroatoms. The second kappa shape index (κ2) is 5.56. The van der Waals surface area contributed by atoms with E-state index in [4.69, 9.17) is 5.84 Å². The summed E-state index contributed by atoms with van der Waals surface area (Å²) in [4.78, 5) is 20.4. The van der Waals surface area contributed by atoms with Gasteiger partial charge in [-0.15, -0.1) is 0 Å². The zero-order valence-electron chi connectivity index (χ0n) is 11.1. The van der Waals surface area contributed by atoms with Crippen LogP contribution in [0.4, 0.5) is 11.4 Å². The zero-order valence-corrected chi connectivity index (χ0v) is 11.1. The molecule has 0 radical (unpaired) electrons. The molecule has 21 heavy (non-hydrogen) atoms. The van der Waals surface area contributed by atoms with Crippen molar-refractivity contribution in [1.82, 2.24) is 9.97 Å². The molecule has 4 N–H and O–H groups in total. The molecule has 1 aromatic carbocycles. The molecular weight excluding hydrogens is 266 g/mol. The first-order valence-corrected chi connectivity index (χ1v) is 6.34. The van der Waals surface area contributed by atoms with E-state index in [1.807, 2.05) is 24.3 Å². The molecule has 3 rings (SSSR count). The summed E-state index contributed by atoms with van der Waals surface area (Å²) in [6.07, 6.45) is 6.46. The number of aromatic nitrogens is 2. The molecule has 0 unspecified atom stereocenters. The van der Waals surface area contributed by atoms with Crippen molar-refractivity contribution in [2.24, 2.45) is 5.84 Å². The van der Waals surface area contributed by atoms with Crippen molar-refractivity contribution in [2.75, 3.05) is 10.7 Å². The number of carbonyl (C=O) groups is 1. The van der Waals surface area contributed by atoms with Crippen LogP contribution in [0.15, 0.2) is 55.1 Å². The molecule has 2 heterocycles. The maximum atomic E-state index is 12.4. The van der Waals surface area contributed by atoms with Crippen molar-refractivity contribution in [3.05, 3.63) is 60.7 Å². The largest absolute Gasteiger partial charge is 0.323 e. The third-order valence-electron chi connectivity index (χ3n) is 3.15. The Bertz CT molecular complexity index is 797. The highest BCUT2D eigenvalue weighted by molar-refractivity contribution is 6.11. The summed E-state index contributed by atoms with van der Waals surface area (Å²) in [7, 11) is 0. The number of fused-ring (bicyclic) bond motifs is 1. The molecule has 104 valence electrons. The van der Waals surface area contributed by atoms with Gasteiger partial charge in [-0.1, -0.05) is 12.1 Å². The first-order chi connectivity index (χ1) is 10.3. The maximum absolute atomic E-state index is 12.4. The van der Waals surface area contributed by atoms with E-state index in [2.05, 4.69) is 20.7 Å². The standard InChI is InChI=1S/C15H13N5O/c16-20-14-5-7-18-9-12(14)15(21)19-13-3-1-2-10-4-6-17-8-11(10)13/h1-9H,16H2,(H,18,20)(H,19,21). The van der Waals surface area contributed by atoms with E-state index in [1.165, 1.54) is 6.20 Å². The van der Waals surface area contributed by atoms with Gasteiger partial charge in [-0.25, -0.2) is 0 Å². The number of benzene rings is 1. The molecule has 1 amide bonds. The van der Waals surface area contributed by atoms with E-state index in [9.17, 15) is 4.79 Å². The SMILES string of the molecule is NNc1ccncc1C(=O)Nc1cccc2ccncc12. The van der Waals surface area contributed by atoms with Crippen LogP contribution in [0.2, 0.25) is 0 Å². The Morgan fingerprint density at radius 1 is 1.00 bits per heavy atom. The van der Waals surface area contributed by atoms with Gasteiger partial charge in [0.1, 0.15) is 0 Å². The summed E-state index contributed by atoms with van der Waals surface area (Å²) in [6.45, 7) is 0. The second-order valence-electron chi connectivity index (χ2n) is 4.42. The fourth-order valence-electron chi connectivity index (χ4n) is 2.11. The third-order valence-corrected chi connectivity index (χ3v) is 3.15. The lowest BCUT2D eigenvalue weighted by molar-refractivity contribution is 0.102. The van der Waals surface area contributed by atoms with Gasteiger partial charge in [0.05, 0.1) is 16.9 Å². The number of hydrogen-bond acceptors (Lipinski definition) is 5. The molecule has 0 bridgehead atoms. The molecule has 0 aliphatic rings. The van der Waals surface area contributed by atoms with Crippen LogP contribution in [-0.4, -0.2) is 15.9 Å². The van der Waals surface area contributed by atoms with Crippen molar-refractivity contribution >= 4 is 28.1 Å². The van der Waals surface area contributed by atoms with Gasteiger partial charge < -0.3 is 10.7 Å². The summed E-state index contributed by atoms with van der Waals surface area (Å²) in [5.74, 6) is 5.12. The van der Waals surface area contributed by atoms with Crippen molar-refractivity contribution in [3.8, 4) is 0 Å². The summed E-state index contributed by atoms with van der Waals surface area (Å²) in [6, 6.07) is 9.20. The average Bonchev–Trinajstić information content (AvgIpc) is 2.55. The fraction of sp³-hybridized carbons (Fsp3) is 0. The smallest absolute Gasteiger partial charge is 0.259 e. The van der Waals surface area contributed by atoms with Crippen LogP contribution >= 0.6 is 0 Å². The molecule has 2 aromatic heterocycles. The van der Waals surface area contributed by atoms with Crippen molar-refractivity contribution in [2.45, 2.75) is 0 Å². The summed E-state index contributed by atoms with van der Waals surface area (Å²) in [5, 5.41) is 4.74. The van der Waals surface area contributed by atoms with E-state index < -0.39 is 0 Å². The minimum absolute atomic E-state index is 0.285. The second-order valence-corrected chi connectivity index (χ2v) is 4.42. The van der Waals surface area contributed by atoms with Gasteiger partial charge in [-0.3, -0.25) is 20.6 Å². The first-order valence-electron chi connectivity index (χ1n) is 6.34. The number of hydrazine groups is 1. The average molecular weight is 279 g/mol. The quantitative estimate of drug-likeness (QED) is 0.504. The number of anilines is 2. The third kappa shape index (κ3) is 2.52. The van der Waals surface area contributed by atoms with Crippen molar-refractivity contribution < 1.29 is 4.79 Å². The number of rotatable bonds is 3. The van der Waals surface area contributed by atoms with Crippen LogP contribution in [0.1, 0.15) is 10.4 Å². The van der Waals surface area contributed by atoms with Gasteiger partial charge in [0.15, 0.2) is 0 Å². The number of nitrogens with two attached hydrogens (primary N) is 1. The highest BCUT2D eigenvalue weighted by Gasteiger charge is 2.12. The van der Waals surface area contributed by atoms with Crippen molar-refractivity contribution in [3.63, 3.8) is 0 Å². The Balaban J connectivity index is 1.97. The van der Waals surface area contributed by atoms with E-state index in [0.29, 0.717) is 16.9 Å². The highest BCUT2D eigenvalue weighted by atomic mass is 16.1. The fourth-order valence-corrected chi connectivity index (χ4v) is 2.11. The van der Waals surface area contributed by atoms with Crippen LogP contribution in [0.25, 0.3) is 10.8 Å². The summed E-state index contributed by atoms with van der Waals surface area (Å²) in [5.41, 5.74) is 4.07. The molecule has 0 aliphatic carbocycles. The van der Waals surface area contributed by atoms with Gasteiger partial charge in [0.2, 0.25) is 0 Å². The van der Waals surface area contributed by atoms with Gasteiger partial charge >= 0.3 is 0 Å². The predicted octanol–water partition coefficient (Wildman–Crippen LogP) is 2.17. The van der Waals surface area contributed by atoms with Crippen LogP contribution in [0.5, 0.6) is 0 Å². The Morgan fingerprint density at radius 2 is 1.81 bits per heavy atom. The zero-order chi connectivity index (χ0) is 14.7. The number of nitrogens with zero attached hydrogens (tertiary/aromatic N) is 2. The Hall–Kier alpha value is -2.99. The number of nitrogens with one attached hydrogen (secondary N) is 2. The van der Waals surface area contributed by atoms with Crippen LogP contribution in [-0.2, 0) is 0 Å². The topological polar surface area (TPSA) is 92.9 Å². The van der Waals surface area contributed by atoms with E-state index in [-0.39, 0.29) is 5.91 Å². The van der Waals surface area contributed by atoms with E-state index in [1.54, 1.807) is 24.7 Å². The van der Waals surface area contributed by atoms with Gasteiger partial charge in [0.25, 0.3) is 5.91 Å². The molecule has 0 aliphatic heterocycles. The number of pyridine rings is 2. The number of nitrogen functional groups attached to an aromatic ring is 1. The van der Waals surface area contributed by atoms with Gasteiger partial charge in [-0.2, -0.15) is 0 Å². The Labute approximate surface area is 121 Å². The van der Waals surface area contributed by atoms with Crippen LogP contribution in [0.3, 0.4) is 0 Å².